The van der Waals surface area contributed by atoms with E-state index >= 15 is 0 Å². The van der Waals surface area contributed by atoms with Crippen LogP contribution >= 0.6 is 0 Å². The summed E-state index contributed by atoms with van der Waals surface area (Å²) in [5, 5.41) is 6.06. The van der Waals surface area contributed by atoms with Crippen molar-refractivity contribution >= 4 is 28.5 Å². The third kappa shape index (κ3) is 3.53. The van der Waals surface area contributed by atoms with Gasteiger partial charge in [0.1, 0.15) is 5.82 Å². The van der Waals surface area contributed by atoms with E-state index in [0.717, 1.165) is 31.9 Å². The molecule has 1 saturated heterocycles. The summed E-state index contributed by atoms with van der Waals surface area (Å²) in [4.78, 5) is 17.0. The van der Waals surface area contributed by atoms with Crippen LogP contribution in [0.1, 0.15) is 12.5 Å². The number of hydrogen-bond donors (Lipinski definition) is 2. The lowest BCUT2D eigenvalue weighted by molar-refractivity contribution is -0.110. The lowest BCUT2D eigenvalue weighted by Gasteiger charge is -2.34. The first-order chi connectivity index (χ1) is 13.0. The Labute approximate surface area is 158 Å². The number of amides is 1. The molecule has 0 atom stereocenters. The molecule has 2 aliphatic rings. The molecule has 1 fully saturated rings. The molecule has 0 aromatic heterocycles. The number of anilines is 3. The van der Waals surface area contributed by atoms with Gasteiger partial charge in [0.05, 0.1) is 5.57 Å². The van der Waals surface area contributed by atoms with Gasteiger partial charge in [-0.25, -0.2) is 4.39 Å². The summed E-state index contributed by atoms with van der Waals surface area (Å²) in [6.07, 6.45) is 0. The van der Waals surface area contributed by atoms with E-state index in [0.29, 0.717) is 22.5 Å². The summed E-state index contributed by atoms with van der Waals surface area (Å²) < 4.78 is 13.6. The third-order valence-corrected chi connectivity index (χ3v) is 5.17. The summed E-state index contributed by atoms with van der Waals surface area (Å²) >= 11 is 0. The predicted octanol–water partition coefficient (Wildman–Crippen LogP) is 3.37. The van der Waals surface area contributed by atoms with Crippen molar-refractivity contribution in [3.8, 4) is 0 Å². The van der Waals surface area contributed by atoms with Crippen LogP contribution in [0.2, 0.25) is 0 Å². The first kappa shape index (κ1) is 17.5. The van der Waals surface area contributed by atoms with Crippen molar-refractivity contribution in [1.29, 1.82) is 0 Å². The Morgan fingerprint density at radius 3 is 2.48 bits per heavy atom. The molecule has 4 rings (SSSR count). The van der Waals surface area contributed by atoms with Crippen LogP contribution in [0.5, 0.6) is 0 Å². The molecule has 27 heavy (non-hydrogen) atoms. The number of carbonyl (C=O) groups is 1. The summed E-state index contributed by atoms with van der Waals surface area (Å²) in [7, 11) is 2.14. The molecule has 0 aliphatic carbocycles. The normalized spacial score (nSPS) is 18.9. The molecule has 140 valence electrons. The van der Waals surface area contributed by atoms with Gasteiger partial charge in [-0.05, 0) is 56.4 Å². The zero-order valence-electron chi connectivity index (χ0n) is 15.6. The van der Waals surface area contributed by atoms with Gasteiger partial charge in [-0.1, -0.05) is 0 Å². The van der Waals surface area contributed by atoms with Crippen molar-refractivity contribution in [2.24, 2.45) is 0 Å². The average Bonchev–Trinajstić information content (AvgIpc) is 2.98. The van der Waals surface area contributed by atoms with Crippen molar-refractivity contribution in [3.05, 3.63) is 59.5 Å². The number of hydrogen-bond acceptors (Lipinski definition) is 4. The quantitative estimate of drug-likeness (QED) is 0.818. The monoisotopic (exact) mass is 366 g/mol. The first-order valence-electron chi connectivity index (χ1n) is 9.14. The van der Waals surface area contributed by atoms with E-state index in [4.69, 9.17) is 0 Å². The van der Waals surface area contributed by atoms with Gasteiger partial charge in [0.2, 0.25) is 0 Å². The van der Waals surface area contributed by atoms with Crippen molar-refractivity contribution in [2.75, 3.05) is 48.8 Å². The maximum absolute atomic E-state index is 13.6. The molecule has 0 saturated carbocycles. The van der Waals surface area contributed by atoms with E-state index in [1.54, 1.807) is 6.07 Å². The molecule has 2 N–H and O–H groups in total. The van der Waals surface area contributed by atoms with Gasteiger partial charge in [-0.15, -0.1) is 0 Å². The van der Waals surface area contributed by atoms with Gasteiger partial charge in [-0.2, -0.15) is 0 Å². The maximum atomic E-state index is 13.6. The number of allylic oxidation sites excluding steroid dienone is 1. The second kappa shape index (κ2) is 7.04. The molecule has 2 aliphatic heterocycles. The third-order valence-electron chi connectivity index (χ3n) is 5.17. The number of likely N-dealkylation sites (N-methyl/N-ethyl adjacent to an activating group) is 1. The van der Waals surface area contributed by atoms with E-state index < -0.39 is 0 Å². The molecular formula is C21H23FN4O. The van der Waals surface area contributed by atoms with Crippen molar-refractivity contribution in [3.63, 3.8) is 0 Å². The van der Waals surface area contributed by atoms with E-state index in [2.05, 4.69) is 39.6 Å². The van der Waals surface area contributed by atoms with E-state index in [1.807, 2.05) is 19.1 Å². The van der Waals surface area contributed by atoms with Crippen molar-refractivity contribution in [1.82, 2.24) is 4.90 Å². The smallest absolute Gasteiger partial charge is 0.258 e. The van der Waals surface area contributed by atoms with Crippen LogP contribution < -0.4 is 15.5 Å². The molecule has 0 spiro atoms. The van der Waals surface area contributed by atoms with Crippen LogP contribution in [0.3, 0.4) is 0 Å². The molecule has 1 amide bonds. The Kier molecular flexibility index (Phi) is 4.58. The largest absolute Gasteiger partial charge is 0.369 e. The number of halogens is 1. The topological polar surface area (TPSA) is 47.6 Å². The van der Waals surface area contributed by atoms with Gasteiger partial charge < -0.3 is 20.4 Å². The Hall–Kier alpha value is -2.86. The zero-order valence-corrected chi connectivity index (χ0v) is 15.6. The molecule has 0 unspecified atom stereocenters. The summed E-state index contributed by atoms with van der Waals surface area (Å²) in [6.45, 7) is 6.01. The Bertz CT molecular complexity index is 899. The van der Waals surface area contributed by atoms with Gasteiger partial charge >= 0.3 is 0 Å². The summed E-state index contributed by atoms with van der Waals surface area (Å²) in [5.74, 6) is -0.568. The predicted molar refractivity (Wildman–Crippen MR) is 107 cm³/mol. The minimum absolute atomic E-state index is 0.213. The first-order valence-corrected chi connectivity index (χ1v) is 9.14. The molecule has 2 aromatic carbocycles. The van der Waals surface area contributed by atoms with Gasteiger partial charge in [0, 0.05) is 54.5 Å². The van der Waals surface area contributed by atoms with Crippen LogP contribution in [-0.2, 0) is 4.79 Å². The van der Waals surface area contributed by atoms with Gasteiger partial charge in [0.25, 0.3) is 5.91 Å². The number of fused-ring (bicyclic) bond motifs is 1. The van der Waals surface area contributed by atoms with Crippen molar-refractivity contribution in [2.45, 2.75) is 6.92 Å². The number of nitrogens with one attached hydrogen (secondary N) is 2. The molecule has 6 heteroatoms. The van der Waals surface area contributed by atoms with Crippen LogP contribution in [0.15, 0.2) is 48.2 Å². The highest BCUT2D eigenvalue weighted by Gasteiger charge is 2.26. The van der Waals surface area contributed by atoms with Crippen LogP contribution in [0, 0.1) is 5.82 Å². The van der Waals surface area contributed by atoms with Crippen LogP contribution in [0.4, 0.5) is 21.5 Å². The van der Waals surface area contributed by atoms with Gasteiger partial charge in [0.15, 0.2) is 0 Å². The number of rotatable bonds is 3. The zero-order chi connectivity index (χ0) is 19.0. The Balaban J connectivity index is 1.53. The SMILES string of the molecule is CC(Nc1ccc(N2CCN(C)CC2)cc1)=C1C(=O)Nc2ccc(F)cc21. The van der Waals surface area contributed by atoms with Crippen LogP contribution in [0.25, 0.3) is 5.57 Å². The van der Waals surface area contributed by atoms with E-state index in [-0.39, 0.29) is 11.7 Å². The lowest BCUT2D eigenvalue weighted by atomic mass is 10.1. The minimum Gasteiger partial charge on any atom is -0.369 e. The highest BCUT2D eigenvalue weighted by Crippen LogP contribution is 2.34. The van der Waals surface area contributed by atoms with Crippen LogP contribution in [-0.4, -0.2) is 44.0 Å². The van der Waals surface area contributed by atoms with E-state index in [9.17, 15) is 9.18 Å². The highest BCUT2D eigenvalue weighted by atomic mass is 19.1. The fraction of sp³-hybridized carbons (Fsp3) is 0.286. The Morgan fingerprint density at radius 2 is 1.78 bits per heavy atom. The van der Waals surface area contributed by atoms with Crippen molar-refractivity contribution < 1.29 is 9.18 Å². The lowest BCUT2D eigenvalue weighted by Crippen LogP contribution is -2.44. The summed E-state index contributed by atoms with van der Waals surface area (Å²) in [6, 6.07) is 12.5. The number of carbonyl (C=O) groups excluding carboxylic acids is 1. The molecule has 0 radical (unpaired) electrons. The molecule has 5 nitrogen and oxygen atoms in total. The van der Waals surface area contributed by atoms with Gasteiger partial charge in [-0.3, -0.25) is 4.79 Å². The second-order valence-corrected chi connectivity index (χ2v) is 7.11. The average molecular weight is 366 g/mol. The Morgan fingerprint density at radius 1 is 1.07 bits per heavy atom. The second-order valence-electron chi connectivity index (χ2n) is 7.11. The molecule has 2 aromatic rings. The minimum atomic E-state index is -0.355. The molecular weight excluding hydrogens is 343 g/mol. The number of nitrogens with zero attached hydrogens (tertiary/aromatic N) is 2. The van der Waals surface area contributed by atoms with E-state index in [1.165, 1.54) is 17.8 Å². The standard InChI is InChI=1S/C21H23FN4O/c1-14(20-18-13-15(22)3-8-19(18)24-21(20)27)23-16-4-6-17(7-5-16)26-11-9-25(2)10-12-26/h3-8,13,23H,9-12H2,1-2H3,(H,24,27). The highest BCUT2D eigenvalue weighted by molar-refractivity contribution is 6.32. The fourth-order valence-electron chi connectivity index (χ4n) is 3.61. The summed E-state index contributed by atoms with van der Waals surface area (Å²) in [5.41, 5.74) is 4.51. The number of piperazine rings is 1. The number of benzene rings is 2. The molecule has 0 bridgehead atoms. The maximum Gasteiger partial charge on any atom is 0.258 e. The molecule has 2 heterocycles. The fourth-order valence-corrected chi connectivity index (χ4v) is 3.61.